The fourth-order valence-electron chi connectivity index (χ4n) is 1.35. The predicted octanol–water partition coefficient (Wildman–Crippen LogP) is 2.93. The van der Waals surface area contributed by atoms with Crippen LogP contribution in [0.5, 0.6) is 0 Å². The van der Waals surface area contributed by atoms with Gasteiger partial charge in [0.2, 0.25) is 0 Å². The van der Waals surface area contributed by atoms with Crippen molar-refractivity contribution in [2.75, 3.05) is 0 Å². The minimum atomic E-state index is -0.236. The van der Waals surface area contributed by atoms with Crippen LogP contribution in [0.15, 0.2) is 41.9 Å². The first-order chi connectivity index (χ1) is 7.66. The van der Waals surface area contributed by atoms with E-state index in [4.69, 9.17) is 0 Å². The van der Waals surface area contributed by atoms with Crippen molar-refractivity contribution in [1.82, 2.24) is 9.55 Å². The van der Waals surface area contributed by atoms with Gasteiger partial charge in [0, 0.05) is 12.4 Å². The van der Waals surface area contributed by atoms with Crippen LogP contribution in [0.1, 0.15) is 12.5 Å². The van der Waals surface area contributed by atoms with Crippen LogP contribution in [-0.2, 0) is 0 Å². The monoisotopic (exact) mass is 217 g/mol. The summed E-state index contributed by atoms with van der Waals surface area (Å²) in [6.45, 7) is 3.57. The van der Waals surface area contributed by atoms with Gasteiger partial charge in [-0.25, -0.2) is 14.4 Å². The number of nitrogens with zero attached hydrogens (tertiary/aromatic N) is 3. The van der Waals surface area contributed by atoms with E-state index in [1.54, 1.807) is 42.3 Å². The third-order valence-corrected chi connectivity index (χ3v) is 2.32. The van der Waals surface area contributed by atoms with E-state index in [-0.39, 0.29) is 5.82 Å². The molecule has 82 valence electrons. The number of halogens is 1. The molecule has 0 saturated heterocycles. The summed E-state index contributed by atoms with van der Waals surface area (Å²) in [6.07, 6.45) is 5.13. The molecule has 4 heteroatoms. The molecule has 0 N–H and O–H groups in total. The lowest BCUT2D eigenvalue weighted by Crippen LogP contribution is -2.03. The molecule has 0 amide bonds. The molecule has 1 aromatic heterocycles. The largest absolute Gasteiger partial charge is 0.294 e. The SMILES string of the molecule is C/C(=N\c1ccc(C)c(F)c1)n1ccnc1. The van der Waals surface area contributed by atoms with Gasteiger partial charge < -0.3 is 0 Å². The van der Waals surface area contributed by atoms with Crippen LogP contribution in [0.2, 0.25) is 0 Å². The summed E-state index contributed by atoms with van der Waals surface area (Å²) in [5.41, 5.74) is 1.23. The molecule has 1 heterocycles. The highest BCUT2D eigenvalue weighted by atomic mass is 19.1. The summed E-state index contributed by atoms with van der Waals surface area (Å²) in [4.78, 5) is 8.23. The van der Waals surface area contributed by atoms with Gasteiger partial charge in [-0.3, -0.25) is 4.57 Å². The zero-order valence-electron chi connectivity index (χ0n) is 9.18. The van der Waals surface area contributed by atoms with Crippen LogP contribution in [0.25, 0.3) is 0 Å². The van der Waals surface area contributed by atoms with E-state index >= 15 is 0 Å². The quantitative estimate of drug-likeness (QED) is 0.533. The van der Waals surface area contributed by atoms with Crippen LogP contribution in [0.3, 0.4) is 0 Å². The van der Waals surface area contributed by atoms with Crippen molar-refractivity contribution in [2.45, 2.75) is 13.8 Å². The van der Waals surface area contributed by atoms with E-state index < -0.39 is 0 Å². The third-order valence-electron chi connectivity index (χ3n) is 2.32. The van der Waals surface area contributed by atoms with Gasteiger partial charge in [0.1, 0.15) is 18.0 Å². The molecule has 2 rings (SSSR count). The van der Waals surface area contributed by atoms with Gasteiger partial charge in [0.25, 0.3) is 0 Å². The number of imidazole rings is 1. The molecule has 0 bridgehead atoms. The Hall–Kier alpha value is -1.97. The summed E-state index contributed by atoms with van der Waals surface area (Å²) in [5.74, 6) is 0.514. The maximum Gasteiger partial charge on any atom is 0.128 e. The van der Waals surface area contributed by atoms with Crippen molar-refractivity contribution in [2.24, 2.45) is 4.99 Å². The van der Waals surface area contributed by atoms with Crippen molar-refractivity contribution in [3.63, 3.8) is 0 Å². The summed E-state index contributed by atoms with van der Waals surface area (Å²) in [6, 6.07) is 4.93. The van der Waals surface area contributed by atoms with Crippen molar-refractivity contribution in [3.8, 4) is 0 Å². The average Bonchev–Trinajstić information content (AvgIpc) is 2.77. The first-order valence-corrected chi connectivity index (χ1v) is 4.96. The molecule has 16 heavy (non-hydrogen) atoms. The lowest BCUT2D eigenvalue weighted by atomic mass is 10.2. The highest BCUT2D eigenvalue weighted by Gasteiger charge is 1.99. The lowest BCUT2D eigenvalue weighted by molar-refractivity contribution is 0.619. The molecule has 1 aromatic carbocycles. The molecular formula is C12H12FN3. The topological polar surface area (TPSA) is 30.2 Å². The average molecular weight is 217 g/mol. The highest BCUT2D eigenvalue weighted by Crippen LogP contribution is 2.16. The molecule has 0 fully saturated rings. The Kier molecular flexibility index (Phi) is 2.81. The molecule has 3 nitrogen and oxygen atoms in total. The summed E-state index contributed by atoms with van der Waals surface area (Å²) < 4.78 is 15.1. The van der Waals surface area contributed by atoms with E-state index in [2.05, 4.69) is 9.98 Å². The van der Waals surface area contributed by atoms with Gasteiger partial charge in [-0.15, -0.1) is 0 Å². The number of benzene rings is 1. The maximum absolute atomic E-state index is 13.3. The molecule has 0 radical (unpaired) electrons. The van der Waals surface area contributed by atoms with E-state index in [9.17, 15) is 4.39 Å². The zero-order valence-corrected chi connectivity index (χ0v) is 9.18. The Labute approximate surface area is 93.3 Å². The second-order valence-electron chi connectivity index (χ2n) is 3.56. The van der Waals surface area contributed by atoms with Crippen molar-refractivity contribution < 1.29 is 4.39 Å². The van der Waals surface area contributed by atoms with E-state index in [1.807, 2.05) is 6.92 Å². The molecule has 0 aliphatic carbocycles. The molecule has 0 aliphatic heterocycles. The van der Waals surface area contributed by atoms with E-state index in [0.29, 0.717) is 11.3 Å². The molecule has 0 atom stereocenters. The second kappa shape index (κ2) is 4.26. The normalized spacial score (nSPS) is 11.8. The number of rotatable bonds is 1. The van der Waals surface area contributed by atoms with Gasteiger partial charge in [-0.1, -0.05) is 6.07 Å². The van der Waals surface area contributed by atoms with Gasteiger partial charge in [0.15, 0.2) is 0 Å². The fraction of sp³-hybridized carbons (Fsp3) is 0.167. The predicted molar refractivity (Wildman–Crippen MR) is 61.5 cm³/mol. The van der Waals surface area contributed by atoms with Crippen LogP contribution >= 0.6 is 0 Å². The van der Waals surface area contributed by atoms with Crippen molar-refractivity contribution >= 4 is 11.5 Å². The second-order valence-corrected chi connectivity index (χ2v) is 3.56. The minimum absolute atomic E-state index is 0.236. The van der Waals surface area contributed by atoms with Crippen molar-refractivity contribution in [3.05, 3.63) is 48.3 Å². The Morgan fingerprint density at radius 2 is 2.25 bits per heavy atom. The molecule has 0 aliphatic rings. The van der Waals surface area contributed by atoms with Gasteiger partial charge in [-0.2, -0.15) is 0 Å². The number of aliphatic imine (C=N–C) groups is 1. The molecule has 0 saturated carbocycles. The Morgan fingerprint density at radius 3 is 2.88 bits per heavy atom. The lowest BCUT2D eigenvalue weighted by Gasteiger charge is -2.02. The molecule has 0 spiro atoms. The van der Waals surface area contributed by atoms with Crippen LogP contribution in [-0.4, -0.2) is 15.4 Å². The zero-order chi connectivity index (χ0) is 11.5. The smallest absolute Gasteiger partial charge is 0.128 e. The summed E-state index contributed by atoms with van der Waals surface area (Å²) in [5, 5.41) is 0. The standard InChI is InChI=1S/C12H12FN3/c1-9-3-4-11(7-12(9)13)15-10(2)16-6-5-14-8-16/h3-8H,1-2H3/b15-10+. The fourth-order valence-corrected chi connectivity index (χ4v) is 1.35. The Bertz CT molecular complexity index is 515. The highest BCUT2D eigenvalue weighted by molar-refractivity contribution is 5.84. The third kappa shape index (κ3) is 2.16. The number of aromatic nitrogens is 2. The van der Waals surface area contributed by atoms with Gasteiger partial charge >= 0.3 is 0 Å². The van der Waals surface area contributed by atoms with Crippen LogP contribution in [0, 0.1) is 12.7 Å². The number of aryl methyl sites for hydroxylation is 1. The number of hydrogen-bond acceptors (Lipinski definition) is 2. The van der Waals surface area contributed by atoms with E-state index in [1.165, 1.54) is 6.07 Å². The molecule has 0 unspecified atom stereocenters. The Morgan fingerprint density at radius 1 is 1.44 bits per heavy atom. The molecule has 2 aromatic rings. The molecular weight excluding hydrogens is 205 g/mol. The minimum Gasteiger partial charge on any atom is -0.294 e. The first kappa shape index (κ1) is 10.5. The first-order valence-electron chi connectivity index (χ1n) is 4.96. The van der Waals surface area contributed by atoms with Crippen LogP contribution < -0.4 is 0 Å². The van der Waals surface area contributed by atoms with E-state index in [0.717, 1.165) is 5.84 Å². The van der Waals surface area contributed by atoms with Crippen LogP contribution in [0.4, 0.5) is 10.1 Å². The van der Waals surface area contributed by atoms with Gasteiger partial charge in [-0.05, 0) is 31.5 Å². The van der Waals surface area contributed by atoms with Crippen molar-refractivity contribution in [1.29, 1.82) is 0 Å². The Balaban J connectivity index is 2.32. The number of hydrogen-bond donors (Lipinski definition) is 0. The summed E-state index contributed by atoms with van der Waals surface area (Å²) in [7, 11) is 0. The maximum atomic E-state index is 13.3. The van der Waals surface area contributed by atoms with Gasteiger partial charge in [0.05, 0.1) is 5.69 Å². The summed E-state index contributed by atoms with van der Waals surface area (Å²) >= 11 is 0.